The van der Waals surface area contributed by atoms with Crippen molar-refractivity contribution < 1.29 is 0 Å². The van der Waals surface area contributed by atoms with Crippen molar-refractivity contribution in [3.05, 3.63) is 33.8 Å². The van der Waals surface area contributed by atoms with Crippen LogP contribution in [0.2, 0.25) is 10.0 Å². The van der Waals surface area contributed by atoms with Crippen LogP contribution in [0.5, 0.6) is 0 Å². The van der Waals surface area contributed by atoms with Crippen LogP contribution in [0.15, 0.2) is 18.2 Å². The highest BCUT2D eigenvalue weighted by atomic mass is 35.5. The van der Waals surface area contributed by atoms with Crippen molar-refractivity contribution in [2.75, 3.05) is 19.6 Å². The van der Waals surface area contributed by atoms with Gasteiger partial charge < -0.3 is 10.2 Å². The van der Waals surface area contributed by atoms with E-state index in [1.807, 2.05) is 18.2 Å². The number of hydrogen-bond acceptors (Lipinski definition) is 2. The van der Waals surface area contributed by atoms with Gasteiger partial charge in [0.15, 0.2) is 0 Å². The molecule has 0 spiro atoms. The molecule has 4 heteroatoms. The first-order valence-corrected chi connectivity index (χ1v) is 8.22. The van der Waals surface area contributed by atoms with Crippen molar-refractivity contribution in [1.29, 1.82) is 0 Å². The highest BCUT2D eigenvalue weighted by Crippen LogP contribution is 2.25. The zero-order valence-electron chi connectivity index (χ0n) is 12.8. The molecule has 0 bridgehead atoms. The fourth-order valence-corrected chi connectivity index (χ4v) is 2.62. The fourth-order valence-electron chi connectivity index (χ4n) is 2.23. The zero-order chi connectivity index (χ0) is 15.0. The summed E-state index contributed by atoms with van der Waals surface area (Å²) in [5.74, 6) is 0. The Kier molecular flexibility index (Phi) is 8.55. The number of halogens is 2. The quantitative estimate of drug-likeness (QED) is 0.716. The maximum Gasteiger partial charge on any atom is 0.0637 e. The number of hydrogen-bond donors (Lipinski definition) is 1. The Balaban J connectivity index is 2.29. The molecule has 20 heavy (non-hydrogen) atoms. The molecular formula is C16H26Cl2N2. The molecule has 1 N–H and O–H groups in total. The second-order valence-corrected chi connectivity index (χ2v) is 5.95. The summed E-state index contributed by atoms with van der Waals surface area (Å²) in [6.07, 6.45) is 2.40. The summed E-state index contributed by atoms with van der Waals surface area (Å²) in [5.41, 5.74) is 1.06. The number of benzene rings is 1. The second kappa shape index (κ2) is 9.62. The van der Waals surface area contributed by atoms with Crippen molar-refractivity contribution in [1.82, 2.24) is 10.2 Å². The number of nitrogens with zero attached hydrogens (tertiary/aromatic N) is 1. The molecule has 0 saturated carbocycles. The van der Waals surface area contributed by atoms with Crippen LogP contribution in [-0.4, -0.2) is 30.6 Å². The Bertz CT molecular complexity index is 392. The normalized spacial score (nSPS) is 12.9. The molecule has 0 saturated heterocycles. The van der Waals surface area contributed by atoms with Gasteiger partial charge in [-0.05, 0) is 51.0 Å². The van der Waals surface area contributed by atoms with E-state index in [2.05, 4.69) is 31.0 Å². The summed E-state index contributed by atoms with van der Waals surface area (Å²) in [4.78, 5) is 2.46. The number of rotatable bonds is 9. The third kappa shape index (κ3) is 6.01. The lowest BCUT2D eigenvalue weighted by atomic mass is 10.1. The van der Waals surface area contributed by atoms with Gasteiger partial charge >= 0.3 is 0 Å². The maximum absolute atomic E-state index is 6.18. The van der Waals surface area contributed by atoms with Gasteiger partial charge in [0.25, 0.3) is 0 Å². The van der Waals surface area contributed by atoms with Crippen LogP contribution in [0.1, 0.15) is 39.2 Å². The minimum atomic E-state index is 0.487. The number of nitrogens with one attached hydrogen (secondary N) is 1. The van der Waals surface area contributed by atoms with Crippen LogP contribution in [0.25, 0.3) is 0 Å². The van der Waals surface area contributed by atoms with Gasteiger partial charge in [-0.2, -0.15) is 0 Å². The average molecular weight is 317 g/mol. The minimum absolute atomic E-state index is 0.487. The van der Waals surface area contributed by atoms with Gasteiger partial charge in [0, 0.05) is 12.6 Å². The summed E-state index contributed by atoms with van der Waals surface area (Å²) in [6, 6.07) is 6.27. The Labute approximate surface area is 133 Å². The van der Waals surface area contributed by atoms with Gasteiger partial charge in [-0.1, -0.05) is 49.2 Å². The van der Waals surface area contributed by atoms with Crippen molar-refractivity contribution in [3.63, 3.8) is 0 Å². The molecule has 114 valence electrons. The van der Waals surface area contributed by atoms with E-state index in [4.69, 9.17) is 23.2 Å². The lowest BCUT2D eigenvalue weighted by Crippen LogP contribution is -2.28. The van der Waals surface area contributed by atoms with Gasteiger partial charge in [-0.25, -0.2) is 0 Å². The minimum Gasteiger partial charge on any atom is -0.310 e. The highest BCUT2D eigenvalue weighted by Gasteiger charge is 2.07. The molecule has 1 aromatic rings. The standard InChI is InChI=1S/C16H26Cl2N2/c1-4-20(5-2)11-7-8-13(3)19-12-14-9-6-10-15(17)16(14)18/h6,9-10,13,19H,4-5,7-8,11-12H2,1-3H3. The molecule has 0 heterocycles. The lowest BCUT2D eigenvalue weighted by Gasteiger charge is -2.20. The first-order chi connectivity index (χ1) is 9.58. The van der Waals surface area contributed by atoms with Crippen molar-refractivity contribution in [2.24, 2.45) is 0 Å². The molecular weight excluding hydrogens is 291 g/mol. The Morgan fingerprint density at radius 3 is 2.55 bits per heavy atom. The highest BCUT2D eigenvalue weighted by molar-refractivity contribution is 6.42. The SMILES string of the molecule is CCN(CC)CCCC(C)NCc1cccc(Cl)c1Cl. The molecule has 1 rings (SSSR count). The van der Waals surface area contributed by atoms with E-state index in [1.54, 1.807) is 0 Å². The predicted octanol–water partition coefficient (Wildman–Crippen LogP) is 4.59. The van der Waals surface area contributed by atoms with Crippen LogP contribution in [-0.2, 0) is 6.54 Å². The van der Waals surface area contributed by atoms with Gasteiger partial charge in [0.05, 0.1) is 10.0 Å². The third-order valence-corrected chi connectivity index (χ3v) is 4.54. The predicted molar refractivity (Wildman–Crippen MR) is 89.8 cm³/mol. The monoisotopic (exact) mass is 316 g/mol. The topological polar surface area (TPSA) is 15.3 Å². The molecule has 2 nitrogen and oxygen atoms in total. The first-order valence-electron chi connectivity index (χ1n) is 7.47. The van der Waals surface area contributed by atoms with Crippen molar-refractivity contribution in [2.45, 2.75) is 46.2 Å². The van der Waals surface area contributed by atoms with Crippen molar-refractivity contribution in [3.8, 4) is 0 Å². The Morgan fingerprint density at radius 1 is 1.20 bits per heavy atom. The van der Waals surface area contributed by atoms with E-state index in [0.717, 1.165) is 25.2 Å². The maximum atomic E-state index is 6.18. The van der Waals surface area contributed by atoms with E-state index in [1.165, 1.54) is 19.4 Å². The summed E-state index contributed by atoms with van der Waals surface area (Å²) in [7, 11) is 0. The smallest absolute Gasteiger partial charge is 0.0637 e. The third-order valence-electron chi connectivity index (χ3n) is 3.68. The van der Waals surface area contributed by atoms with Crippen LogP contribution in [0.4, 0.5) is 0 Å². The van der Waals surface area contributed by atoms with Crippen LogP contribution < -0.4 is 5.32 Å². The molecule has 1 unspecified atom stereocenters. The molecule has 1 atom stereocenters. The summed E-state index contributed by atoms with van der Waals surface area (Å²) in [5, 5.41) is 4.80. The average Bonchev–Trinajstić information content (AvgIpc) is 2.45. The zero-order valence-corrected chi connectivity index (χ0v) is 14.3. The van der Waals surface area contributed by atoms with Crippen LogP contribution in [0, 0.1) is 0 Å². The molecule has 1 aromatic carbocycles. The Morgan fingerprint density at radius 2 is 1.90 bits per heavy atom. The van der Waals surface area contributed by atoms with Crippen molar-refractivity contribution >= 4 is 23.2 Å². The van der Waals surface area contributed by atoms with Gasteiger partial charge in [0.1, 0.15) is 0 Å². The van der Waals surface area contributed by atoms with E-state index in [9.17, 15) is 0 Å². The largest absolute Gasteiger partial charge is 0.310 e. The van der Waals surface area contributed by atoms with Gasteiger partial charge in [-0.3, -0.25) is 0 Å². The first kappa shape index (κ1) is 17.8. The van der Waals surface area contributed by atoms with E-state index in [0.29, 0.717) is 16.1 Å². The van der Waals surface area contributed by atoms with Crippen LogP contribution in [0.3, 0.4) is 0 Å². The van der Waals surface area contributed by atoms with E-state index < -0.39 is 0 Å². The Hall–Kier alpha value is -0.280. The summed E-state index contributed by atoms with van der Waals surface area (Å²) >= 11 is 12.2. The van der Waals surface area contributed by atoms with E-state index >= 15 is 0 Å². The van der Waals surface area contributed by atoms with E-state index in [-0.39, 0.29) is 0 Å². The summed E-state index contributed by atoms with van der Waals surface area (Å²) in [6.45, 7) is 10.9. The molecule has 0 radical (unpaired) electrons. The fraction of sp³-hybridized carbons (Fsp3) is 0.625. The molecule has 0 aromatic heterocycles. The summed E-state index contributed by atoms with van der Waals surface area (Å²) < 4.78 is 0. The molecule has 0 aliphatic carbocycles. The molecule has 0 aliphatic rings. The van der Waals surface area contributed by atoms with Crippen LogP contribution >= 0.6 is 23.2 Å². The molecule has 0 aliphatic heterocycles. The molecule has 0 amide bonds. The lowest BCUT2D eigenvalue weighted by molar-refractivity contribution is 0.290. The van der Waals surface area contributed by atoms with Gasteiger partial charge in [-0.15, -0.1) is 0 Å². The van der Waals surface area contributed by atoms with Gasteiger partial charge in [0.2, 0.25) is 0 Å². The molecule has 0 fully saturated rings. The second-order valence-electron chi connectivity index (χ2n) is 5.16.